The van der Waals surface area contributed by atoms with Crippen molar-refractivity contribution in [3.63, 3.8) is 0 Å². The molecule has 1 aromatic heterocycles. The second kappa shape index (κ2) is 4.60. The van der Waals surface area contributed by atoms with Gasteiger partial charge in [-0.1, -0.05) is 0 Å². The molecule has 2 heterocycles. The molecular weight excluding hydrogens is 220 g/mol. The van der Waals surface area contributed by atoms with Crippen molar-refractivity contribution in [1.82, 2.24) is 4.90 Å². The van der Waals surface area contributed by atoms with E-state index in [1.165, 1.54) is 0 Å². The summed E-state index contributed by atoms with van der Waals surface area (Å²) in [5, 5.41) is 8.79. The van der Waals surface area contributed by atoms with Gasteiger partial charge in [-0.25, -0.2) is 0 Å². The van der Waals surface area contributed by atoms with E-state index < -0.39 is 6.10 Å². The predicted molar refractivity (Wildman–Crippen MR) is 59.4 cm³/mol. The van der Waals surface area contributed by atoms with Crippen LogP contribution < -0.4 is 0 Å². The normalized spacial score (nSPS) is 20.1. The number of carbonyl (C=O) groups is 1. The molecule has 0 spiro atoms. The van der Waals surface area contributed by atoms with Gasteiger partial charge in [0, 0.05) is 6.54 Å². The Kier molecular flexibility index (Phi) is 3.16. The summed E-state index contributed by atoms with van der Waals surface area (Å²) < 4.78 is 10.5. The molecule has 90 valence electrons. The number of nitriles is 1. The van der Waals surface area contributed by atoms with Crippen molar-refractivity contribution in [2.24, 2.45) is 0 Å². The van der Waals surface area contributed by atoms with Crippen LogP contribution in [-0.4, -0.2) is 36.6 Å². The van der Waals surface area contributed by atoms with Crippen LogP contribution in [0.25, 0.3) is 0 Å². The van der Waals surface area contributed by atoms with Crippen LogP contribution in [0.5, 0.6) is 0 Å². The first-order chi connectivity index (χ1) is 8.11. The molecular formula is C12H14N2O3. The molecule has 1 atom stereocenters. The van der Waals surface area contributed by atoms with E-state index in [9.17, 15) is 4.79 Å². The van der Waals surface area contributed by atoms with Gasteiger partial charge < -0.3 is 14.1 Å². The Balaban J connectivity index is 2.15. The summed E-state index contributed by atoms with van der Waals surface area (Å²) in [4.78, 5) is 13.8. The standard InChI is InChI=1S/C12H14N2O3/c1-8-5-11(9(2)17-8)12(15)14-3-4-16-10(6-13)7-14/h5,10H,3-4,7H2,1-2H3. The van der Waals surface area contributed by atoms with Gasteiger partial charge in [0.15, 0.2) is 6.10 Å². The van der Waals surface area contributed by atoms with E-state index in [-0.39, 0.29) is 5.91 Å². The number of hydrogen-bond donors (Lipinski definition) is 0. The highest BCUT2D eigenvalue weighted by Crippen LogP contribution is 2.17. The van der Waals surface area contributed by atoms with E-state index in [1.807, 2.05) is 6.07 Å². The number of rotatable bonds is 1. The van der Waals surface area contributed by atoms with E-state index in [0.29, 0.717) is 31.0 Å². The summed E-state index contributed by atoms with van der Waals surface area (Å²) in [6.07, 6.45) is -0.527. The summed E-state index contributed by atoms with van der Waals surface area (Å²) in [7, 11) is 0. The van der Waals surface area contributed by atoms with Gasteiger partial charge >= 0.3 is 0 Å². The largest absolute Gasteiger partial charge is 0.466 e. The Hall–Kier alpha value is -1.80. The fourth-order valence-corrected chi connectivity index (χ4v) is 1.93. The van der Waals surface area contributed by atoms with Gasteiger partial charge in [0.1, 0.15) is 11.5 Å². The highest BCUT2D eigenvalue weighted by Gasteiger charge is 2.26. The minimum atomic E-state index is -0.527. The maximum atomic E-state index is 12.2. The highest BCUT2D eigenvalue weighted by molar-refractivity contribution is 5.95. The molecule has 1 saturated heterocycles. The van der Waals surface area contributed by atoms with Crippen LogP contribution in [0, 0.1) is 25.2 Å². The molecule has 5 nitrogen and oxygen atoms in total. The molecule has 1 aliphatic heterocycles. The fraction of sp³-hybridized carbons (Fsp3) is 0.500. The van der Waals surface area contributed by atoms with E-state index in [1.54, 1.807) is 24.8 Å². The summed E-state index contributed by atoms with van der Waals surface area (Å²) in [6.45, 7) is 4.81. The molecule has 17 heavy (non-hydrogen) atoms. The van der Waals surface area contributed by atoms with Gasteiger partial charge in [-0.3, -0.25) is 4.79 Å². The SMILES string of the molecule is Cc1cc(C(=O)N2CCOC(C#N)C2)c(C)o1. The molecule has 0 aliphatic carbocycles. The Bertz CT molecular complexity index is 473. The summed E-state index contributed by atoms with van der Waals surface area (Å²) in [5.41, 5.74) is 0.570. The second-order valence-electron chi connectivity index (χ2n) is 4.07. The summed E-state index contributed by atoms with van der Waals surface area (Å²) in [5.74, 6) is 1.24. The van der Waals surface area contributed by atoms with Crippen molar-refractivity contribution in [1.29, 1.82) is 5.26 Å². The Morgan fingerprint density at radius 1 is 1.59 bits per heavy atom. The van der Waals surface area contributed by atoms with Crippen LogP contribution in [0.15, 0.2) is 10.5 Å². The van der Waals surface area contributed by atoms with Crippen LogP contribution in [-0.2, 0) is 4.74 Å². The van der Waals surface area contributed by atoms with Gasteiger partial charge in [-0.15, -0.1) is 0 Å². The number of ether oxygens (including phenoxy) is 1. The lowest BCUT2D eigenvalue weighted by molar-refractivity contribution is 0.00339. The minimum Gasteiger partial charge on any atom is -0.466 e. The smallest absolute Gasteiger partial charge is 0.257 e. The first-order valence-electron chi connectivity index (χ1n) is 5.49. The molecule has 1 amide bonds. The molecule has 1 fully saturated rings. The third kappa shape index (κ3) is 2.32. The van der Waals surface area contributed by atoms with E-state index in [4.69, 9.17) is 14.4 Å². The monoisotopic (exact) mass is 234 g/mol. The highest BCUT2D eigenvalue weighted by atomic mass is 16.5. The number of morpholine rings is 1. The quantitative estimate of drug-likeness (QED) is 0.733. The first-order valence-corrected chi connectivity index (χ1v) is 5.49. The maximum Gasteiger partial charge on any atom is 0.257 e. The zero-order valence-corrected chi connectivity index (χ0v) is 9.90. The minimum absolute atomic E-state index is 0.0945. The molecule has 1 aliphatic rings. The van der Waals surface area contributed by atoms with Crippen molar-refractivity contribution in [3.8, 4) is 6.07 Å². The number of carbonyl (C=O) groups excluding carboxylic acids is 1. The lowest BCUT2D eigenvalue weighted by Crippen LogP contribution is -2.45. The van der Waals surface area contributed by atoms with E-state index >= 15 is 0 Å². The van der Waals surface area contributed by atoms with Crippen LogP contribution in [0.4, 0.5) is 0 Å². The third-order valence-electron chi connectivity index (χ3n) is 2.77. The summed E-state index contributed by atoms with van der Waals surface area (Å²) >= 11 is 0. The van der Waals surface area contributed by atoms with Crippen LogP contribution in [0.3, 0.4) is 0 Å². The Morgan fingerprint density at radius 3 is 2.94 bits per heavy atom. The van der Waals surface area contributed by atoms with E-state index in [2.05, 4.69) is 0 Å². The number of nitrogens with zero attached hydrogens (tertiary/aromatic N) is 2. The second-order valence-corrected chi connectivity index (χ2v) is 4.07. The topological polar surface area (TPSA) is 66.5 Å². The fourth-order valence-electron chi connectivity index (χ4n) is 1.93. The lowest BCUT2D eigenvalue weighted by atomic mass is 10.2. The molecule has 2 rings (SSSR count). The molecule has 1 unspecified atom stereocenters. The number of hydrogen-bond acceptors (Lipinski definition) is 4. The predicted octanol–water partition coefficient (Wildman–Crippen LogP) is 1.26. The number of furan rings is 1. The zero-order chi connectivity index (χ0) is 12.4. The van der Waals surface area contributed by atoms with Crippen molar-refractivity contribution in [2.45, 2.75) is 20.0 Å². The first kappa shape index (κ1) is 11.7. The van der Waals surface area contributed by atoms with Crippen LogP contribution >= 0.6 is 0 Å². The third-order valence-corrected chi connectivity index (χ3v) is 2.77. The Labute approximate surface area is 99.6 Å². The molecule has 0 radical (unpaired) electrons. The molecule has 0 bridgehead atoms. The molecule has 5 heteroatoms. The average Bonchev–Trinajstić information content (AvgIpc) is 2.67. The Morgan fingerprint density at radius 2 is 2.35 bits per heavy atom. The number of aryl methyl sites for hydroxylation is 2. The van der Waals surface area contributed by atoms with Crippen LogP contribution in [0.1, 0.15) is 21.9 Å². The molecule has 1 aromatic rings. The van der Waals surface area contributed by atoms with Crippen molar-refractivity contribution in [3.05, 3.63) is 23.2 Å². The molecule has 0 saturated carbocycles. The maximum absolute atomic E-state index is 12.2. The van der Waals surface area contributed by atoms with Crippen LogP contribution in [0.2, 0.25) is 0 Å². The van der Waals surface area contributed by atoms with Crippen molar-refractivity contribution < 1.29 is 13.9 Å². The zero-order valence-electron chi connectivity index (χ0n) is 9.90. The number of amides is 1. The van der Waals surface area contributed by atoms with Gasteiger partial charge in [-0.2, -0.15) is 5.26 Å². The summed E-state index contributed by atoms with van der Waals surface area (Å²) in [6, 6.07) is 3.75. The van der Waals surface area contributed by atoms with Crippen molar-refractivity contribution >= 4 is 5.91 Å². The average molecular weight is 234 g/mol. The van der Waals surface area contributed by atoms with Gasteiger partial charge in [0.2, 0.25) is 0 Å². The van der Waals surface area contributed by atoms with E-state index in [0.717, 1.165) is 5.76 Å². The van der Waals surface area contributed by atoms with Crippen molar-refractivity contribution in [2.75, 3.05) is 19.7 Å². The molecule has 0 aromatic carbocycles. The van der Waals surface area contributed by atoms with Gasteiger partial charge in [0.05, 0.1) is 24.8 Å². The lowest BCUT2D eigenvalue weighted by Gasteiger charge is -2.29. The molecule has 0 N–H and O–H groups in total. The van der Waals surface area contributed by atoms with Gasteiger partial charge in [-0.05, 0) is 19.9 Å². The van der Waals surface area contributed by atoms with Gasteiger partial charge in [0.25, 0.3) is 5.91 Å².